The third-order valence-electron chi connectivity index (χ3n) is 2.17. The van der Waals surface area contributed by atoms with Crippen molar-refractivity contribution in [1.82, 2.24) is 0 Å². The van der Waals surface area contributed by atoms with Gasteiger partial charge in [-0.25, -0.2) is 0 Å². The summed E-state index contributed by atoms with van der Waals surface area (Å²) < 4.78 is 5.54. The van der Waals surface area contributed by atoms with E-state index in [4.69, 9.17) is 10.5 Å². The Balaban J connectivity index is 2.47. The van der Waals surface area contributed by atoms with Gasteiger partial charge in [0.15, 0.2) is 0 Å². The van der Waals surface area contributed by atoms with Gasteiger partial charge in [-0.3, -0.25) is 0 Å². The number of hydrogen-bond donors (Lipinski definition) is 1. The van der Waals surface area contributed by atoms with Crippen LogP contribution in [-0.2, 0) is 0 Å². The van der Waals surface area contributed by atoms with Crippen molar-refractivity contribution in [2.45, 2.75) is 32.7 Å². The van der Waals surface area contributed by atoms with Crippen molar-refractivity contribution in [2.24, 2.45) is 5.73 Å². The fraction of sp³-hybridized carbons (Fsp3) is 0.500. The molecule has 14 heavy (non-hydrogen) atoms. The molecule has 0 aromatic heterocycles. The quantitative estimate of drug-likeness (QED) is 0.730. The van der Waals surface area contributed by atoms with Crippen molar-refractivity contribution < 1.29 is 4.74 Å². The summed E-state index contributed by atoms with van der Waals surface area (Å²) >= 11 is 0. The van der Waals surface area contributed by atoms with Crippen molar-refractivity contribution in [3.05, 3.63) is 29.8 Å². The topological polar surface area (TPSA) is 35.2 Å². The summed E-state index contributed by atoms with van der Waals surface area (Å²) in [6, 6.07) is 8.10. The molecule has 0 aliphatic carbocycles. The van der Waals surface area contributed by atoms with Crippen molar-refractivity contribution in [2.75, 3.05) is 6.61 Å². The van der Waals surface area contributed by atoms with E-state index in [0.717, 1.165) is 30.8 Å². The molecule has 2 heteroatoms. The smallest absolute Gasteiger partial charge is 0.119 e. The third-order valence-corrected chi connectivity index (χ3v) is 2.17. The van der Waals surface area contributed by atoms with Crippen LogP contribution in [0.3, 0.4) is 0 Å². The molecule has 0 aliphatic rings. The van der Waals surface area contributed by atoms with Gasteiger partial charge in [-0.1, -0.05) is 25.5 Å². The van der Waals surface area contributed by atoms with Crippen LogP contribution in [0.5, 0.6) is 5.75 Å². The molecular weight excluding hydrogens is 174 g/mol. The molecule has 2 N–H and O–H groups in total. The van der Waals surface area contributed by atoms with E-state index in [1.54, 1.807) is 0 Å². The van der Waals surface area contributed by atoms with Crippen molar-refractivity contribution in [3.63, 3.8) is 0 Å². The highest BCUT2D eigenvalue weighted by atomic mass is 16.5. The van der Waals surface area contributed by atoms with Crippen molar-refractivity contribution >= 4 is 0 Å². The van der Waals surface area contributed by atoms with E-state index in [0.29, 0.717) is 0 Å². The minimum absolute atomic E-state index is 0.0969. The molecule has 0 fully saturated rings. The molecule has 0 saturated heterocycles. The van der Waals surface area contributed by atoms with E-state index >= 15 is 0 Å². The normalized spacial score (nSPS) is 12.5. The van der Waals surface area contributed by atoms with Crippen LogP contribution in [-0.4, -0.2) is 6.61 Å². The number of unbranched alkanes of at least 4 members (excludes halogenated alkanes) is 1. The number of ether oxygens (including phenoxy) is 1. The van der Waals surface area contributed by atoms with Crippen LogP contribution in [0.1, 0.15) is 38.3 Å². The zero-order chi connectivity index (χ0) is 10.4. The highest BCUT2D eigenvalue weighted by Crippen LogP contribution is 2.16. The first-order valence-corrected chi connectivity index (χ1v) is 5.22. The molecule has 0 aliphatic heterocycles. The number of hydrogen-bond acceptors (Lipinski definition) is 2. The van der Waals surface area contributed by atoms with Crippen molar-refractivity contribution in [3.8, 4) is 5.75 Å². The summed E-state index contributed by atoms with van der Waals surface area (Å²) in [7, 11) is 0. The summed E-state index contributed by atoms with van der Waals surface area (Å²) in [6.45, 7) is 4.93. The minimum atomic E-state index is 0.0969. The van der Waals surface area contributed by atoms with E-state index in [1.807, 2.05) is 31.2 Å². The Morgan fingerprint density at radius 1 is 1.29 bits per heavy atom. The first kappa shape index (κ1) is 11.1. The summed E-state index contributed by atoms with van der Waals surface area (Å²) in [5, 5.41) is 0. The van der Waals surface area contributed by atoms with Gasteiger partial charge in [0, 0.05) is 6.04 Å². The monoisotopic (exact) mass is 193 g/mol. The SMILES string of the molecule is CCCCOc1ccc([C@H](C)N)cc1. The second-order valence-corrected chi connectivity index (χ2v) is 3.56. The molecule has 0 saturated carbocycles. The Morgan fingerprint density at radius 2 is 1.93 bits per heavy atom. The average molecular weight is 193 g/mol. The van der Waals surface area contributed by atoms with Crippen molar-refractivity contribution in [1.29, 1.82) is 0 Å². The molecule has 0 amide bonds. The van der Waals surface area contributed by atoms with Gasteiger partial charge in [0.05, 0.1) is 6.61 Å². The molecule has 0 radical (unpaired) electrons. The van der Waals surface area contributed by atoms with E-state index in [-0.39, 0.29) is 6.04 Å². The zero-order valence-electron chi connectivity index (χ0n) is 8.99. The zero-order valence-corrected chi connectivity index (χ0v) is 8.99. The van der Waals surface area contributed by atoms with E-state index < -0.39 is 0 Å². The van der Waals surface area contributed by atoms with Gasteiger partial charge in [-0.2, -0.15) is 0 Å². The lowest BCUT2D eigenvalue weighted by molar-refractivity contribution is 0.309. The first-order chi connectivity index (χ1) is 6.74. The molecule has 1 rings (SSSR count). The maximum Gasteiger partial charge on any atom is 0.119 e. The van der Waals surface area contributed by atoms with Crippen LogP contribution in [0.15, 0.2) is 24.3 Å². The Kier molecular flexibility index (Phi) is 4.47. The summed E-state index contributed by atoms with van der Waals surface area (Å²) in [4.78, 5) is 0. The van der Waals surface area contributed by atoms with Gasteiger partial charge in [0.2, 0.25) is 0 Å². The Morgan fingerprint density at radius 3 is 2.43 bits per heavy atom. The highest BCUT2D eigenvalue weighted by molar-refractivity contribution is 5.28. The van der Waals surface area contributed by atoms with E-state index in [1.165, 1.54) is 0 Å². The van der Waals surface area contributed by atoms with Gasteiger partial charge in [0.25, 0.3) is 0 Å². The van der Waals surface area contributed by atoms with Crippen LogP contribution in [0, 0.1) is 0 Å². The Hall–Kier alpha value is -1.02. The largest absolute Gasteiger partial charge is 0.494 e. The predicted molar refractivity (Wildman–Crippen MR) is 59.4 cm³/mol. The molecule has 1 aromatic carbocycles. The van der Waals surface area contributed by atoms with Gasteiger partial charge in [-0.15, -0.1) is 0 Å². The summed E-state index contributed by atoms with van der Waals surface area (Å²) in [5.41, 5.74) is 6.89. The second-order valence-electron chi connectivity index (χ2n) is 3.56. The second kappa shape index (κ2) is 5.66. The van der Waals surface area contributed by atoms with E-state index in [9.17, 15) is 0 Å². The van der Waals surface area contributed by atoms with Crippen LogP contribution in [0.2, 0.25) is 0 Å². The molecule has 0 spiro atoms. The lowest BCUT2D eigenvalue weighted by Gasteiger charge is -2.08. The fourth-order valence-corrected chi connectivity index (χ4v) is 1.20. The van der Waals surface area contributed by atoms with Crippen LogP contribution in [0.25, 0.3) is 0 Å². The third kappa shape index (κ3) is 3.38. The van der Waals surface area contributed by atoms with Gasteiger partial charge >= 0.3 is 0 Å². The predicted octanol–water partition coefficient (Wildman–Crippen LogP) is 2.89. The fourth-order valence-electron chi connectivity index (χ4n) is 1.20. The Labute approximate surface area is 86.1 Å². The maximum atomic E-state index is 5.74. The summed E-state index contributed by atoms with van der Waals surface area (Å²) in [6.07, 6.45) is 2.27. The highest BCUT2D eigenvalue weighted by Gasteiger charge is 1.98. The first-order valence-electron chi connectivity index (χ1n) is 5.22. The summed E-state index contributed by atoms with van der Waals surface area (Å²) in [5.74, 6) is 0.933. The number of nitrogens with two attached hydrogens (primary N) is 1. The van der Waals surface area contributed by atoms with Gasteiger partial charge in [-0.05, 0) is 31.0 Å². The van der Waals surface area contributed by atoms with Crippen LogP contribution < -0.4 is 10.5 Å². The number of rotatable bonds is 5. The maximum absolute atomic E-state index is 5.74. The lowest BCUT2D eigenvalue weighted by Crippen LogP contribution is -2.04. The molecule has 1 aromatic rings. The van der Waals surface area contributed by atoms with Crippen LogP contribution >= 0.6 is 0 Å². The van der Waals surface area contributed by atoms with E-state index in [2.05, 4.69) is 6.92 Å². The Bertz CT molecular complexity index is 254. The molecule has 78 valence electrons. The molecule has 2 nitrogen and oxygen atoms in total. The standard InChI is InChI=1S/C12H19NO/c1-3-4-9-14-12-7-5-11(6-8-12)10(2)13/h5-8,10H,3-4,9,13H2,1-2H3/t10-/m0/s1. The van der Waals surface area contributed by atoms with Crippen LogP contribution in [0.4, 0.5) is 0 Å². The molecule has 0 unspecified atom stereocenters. The minimum Gasteiger partial charge on any atom is -0.494 e. The van der Waals surface area contributed by atoms with Gasteiger partial charge < -0.3 is 10.5 Å². The molecule has 0 heterocycles. The lowest BCUT2D eigenvalue weighted by atomic mass is 10.1. The molecule has 0 bridgehead atoms. The molecular formula is C12H19NO. The number of benzene rings is 1. The van der Waals surface area contributed by atoms with Gasteiger partial charge in [0.1, 0.15) is 5.75 Å². The molecule has 1 atom stereocenters. The average Bonchev–Trinajstić information content (AvgIpc) is 2.19.